The first kappa shape index (κ1) is 14.6. The van der Waals surface area contributed by atoms with Gasteiger partial charge in [-0.05, 0) is 53.3 Å². The molecule has 2 N–H and O–H groups in total. The zero-order valence-electron chi connectivity index (χ0n) is 9.17. The first-order chi connectivity index (χ1) is 7.84. The van der Waals surface area contributed by atoms with Crippen molar-refractivity contribution in [1.82, 2.24) is 0 Å². The molecule has 6 heteroatoms. The lowest BCUT2D eigenvalue weighted by Gasteiger charge is -2.26. The molecule has 2 atom stereocenters. The molecule has 0 fully saturated rings. The van der Waals surface area contributed by atoms with Crippen molar-refractivity contribution in [3.05, 3.63) is 27.8 Å². The van der Waals surface area contributed by atoms with Crippen LogP contribution in [0.3, 0.4) is 0 Å². The van der Waals surface area contributed by atoms with E-state index in [1.807, 2.05) is 0 Å². The number of alkyl halides is 3. The molecule has 0 heterocycles. The number of halogens is 4. The lowest BCUT2D eigenvalue weighted by molar-refractivity contribution is -0.200. The van der Waals surface area contributed by atoms with Crippen molar-refractivity contribution in [1.29, 1.82) is 0 Å². The number of rotatable bonds is 4. The summed E-state index contributed by atoms with van der Waals surface area (Å²) >= 11 is 2.06. The summed E-state index contributed by atoms with van der Waals surface area (Å²) < 4.78 is 44.0. The summed E-state index contributed by atoms with van der Waals surface area (Å²) in [5.74, 6) is 0.177. The molecule has 1 aromatic carbocycles. The molecule has 96 valence electrons. The number of ether oxygens (including phenoxy) is 1. The largest absolute Gasteiger partial charge is 0.479 e. The fraction of sp³-hybridized carbons (Fsp3) is 0.455. The van der Waals surface area contributed by atoms with E-state index in [4.69, 9.17) is 10.5 Å². The SMILES string of the molecule is CCC(N)C(Oc1ccc(I)cc1)C(F)(F)F. The highest BCUT2D eigenvalue weighted by Crippen LogP contribution is 2.28. The molecule has 0 aliphatic heterocycles. The van der Waals surface area contributed by atoms with Gasteiger partial charge in [0.2, 0.25) is 6.10 Å². The van der Waals surface area contributed by atoms with Crippen LogP contribution in [-0.4, -0.2) is 18.3 Å². The zero-order chi connectivity index (χ0) is 13.1. The third-order valence-electron chi connectivity index (χ3n) is 2.26. The van der Waals surface area contributed by atoms with Crippen LogP contribution in [0.15, 0.2) is 24.3 Å². The van der Waals surface area contributed by atoms with Gasteiger partial charge in [-0.15, -0.1) is 0 Å². The van der Waals surface area contributed by atoms with Gasteiger partial charge in [-0.2, -0.15) is 13.2 Å². The summed E-state index contributed by atoms with van der Waals surface area (Å²) in [6.07, 6.45) is -6.22. The van der Waals surface area contributed by atoms with Crippen LogP contribution in [0.2, 0.25) is 0 Å². The minimum atomic E-state index is -4.46. The summed E-state index contributed by atoms with van der Waals surface area (Å²) in [4.78, 5) is 0. The molecule has 1 rings (SSSR count). The first-order valence-electron chi connectivity index (χ1n) is 5.09. The van der Waals surface area contributed by atoms with Crippen molar-refractivity contribution in [2.24, 2.45) is 5.73 Å². The molecule has 0 spiro atoms. The fourth-order valence-corrected chi connectivity index (χ4v) is 1.63. The average Bonchev–Trinajstić information content (AvgIpc) is 2.25. The second kappa shape index (κ2) is 5.90. The molecule has 0 aromatic heterocycles. The molecule has 2 unspecified atom stereocenters. The van der Waals surface area contributed by atoms with Crippen LogP contribution in [0.4, 0.5) is 13.2 Å². The Morgan fingerprint density at radius 1 is 1.29 bits per heavy atom. The Kier molecular flexibility index (Phi) is 5.05. The van der Waals surface area contributed by atoms with Crippen LogP contribution in [0.5, 0.6) is 5.75 Å². The van der Waals surface area contributed by atoms with E-state index >= 15 is 0 Å². The van der Waals surface area contributed by atoms with E-state index in [9.17, 15) is 13.2 Å². The van der Waals surface area contributed by atoms with Gasteiger partial charge in [-0.25, -0.2) is 0 Å². The average molecular weight is 359 g/mol. The summed E-state index contributed by atoms with van der Waals surface area (Å²) in [5.41, 5.74) is 5.43. The van der Waals surface area contributed by atoms with Crippen molar-refractivity contribution in [3.63, 3.8) is 0 Å². The lowest BCUT2D eigenvalue weighted by Crippen LogP contribution is -2.48. The van der Waals surface area contributed by atoms with Crippen molar-refractivity contribution < 1.29 is 17.9 Å². The fourth-order valence-electron chi connectivity index (χ4n) is 1.27. The maximum atomic E-state index is 12.7. The van der Waals surface area contributed by atoms with Crippen molar-refractivity contribution >= 4 is 22.6 Å². The van der Waals surface area contributed by atoms with E-state index in [2.05, 4.69) is 22.6 Å². The van der Waals surface area contributed by atoms with Crippen molar-refractivity contribution in [3.8, 4) is 5.75 Å². The molecular formula is C11H13F3INO. The van der Waals surface area contributed by atoms with Crippen LogP contribution in [0.25, 0.3) is 0 Å². The Balaban J connectivity index is 2.83. The van der Waals surface area contributed by atoms with E-state index < -0.39 is 18.3 Å². The molecule has 2 nitrogen and oxygen atoms in total. The van der Waals surface area contributed by atoms with Crippen molar-refractivity contribution in [2.75, 3.05) is 0 Å². The van der Waals surface area contributed by atoms with Crippen LogP contribution in [-0.2, 0) is 0 Å². The van der Waals surface area contributed by atoms with Gasteiger partial charge in [0.25, 0.3) is 0 Å². The molecule has 0 aliphatic rings. The Labute approximate surface area is 111 Å². The summed E-state index contributed by atoms with van der Waals surface area (Å²) in [7, 11) is 0. The van der Waals surface area contributed by atoms with Gasteiger partial charge in [0, 0.05) is 3.57 Å². The Bertz CT molecular complexity index is 353. The standard InChI is InChI=1S/C11H13F3INO/c1-2-9(16)10(11(12,13)14)17-8-5-3-7(15)4-6-8/h3-6,9-10H,2,16H2,1H3. The first-order valence-corrected chi connectivity index (χ1v) is 6.17. The van der Waals surface area contributed by atoms with Crippen LogP contribution < -0.4 is 10.5 Å². The minimum absolute atomic E-state index is 0.177. The molecule has 0 amide bonds. The number of benzene rings is 1. The topological polar surface area (TPSA) is 35.2 Å². The maximum Gasteiger partial charge on any atom is 0.426 e. The summed E-state index contributed by atoms with van der Waals surface area (Å²) in [6, 6.07) is 5.31. The normalized spacial score (nSPS) is 15.4. The molecule has 1 aromatic rings. The van der Waals surface area contributed by atoms with E-state index in [0.29, 0.717) is 0 Å². The molecule has 0 saturated carbocycles. The molecule has 0 aliphatic carbocycles. The molecular weight excluding hydrogens is 346 g/mol. The molecule has 0 bridgehead atoms. The maximum absolute atomic E-state index is 12.7. The van der Waals surface area contributed by atoms with Gasteiger partial charge in [-0.1, -0.05) is 6.92 Å². The number of hydrogen-bond acceptors (Lipinski definition) is 2. The van der Waals surface area contributed by atoms with Crippen LogP contribution in [0.1, 0.15) is 13.3 Å². The van der Waals surface area contributed by atoms with E-state index in [0.717, 1.165) is 3.57 Å². The summed E-state index contributed by atoms with van der Waals surface area (Å²) in [6.45, 7) is 1.60. The van der Waals surface area contributed by atoms with E-state index in [1.54, 1.807) is 19.1 Å². The number of hydrogen-bond donors (Lipinski definition) is 1. The van der Waals surface area contributed by atoms with Crippen molar-refractivity contribution in [2.45, 2.75) is 31.7 Å². The van der Waals surface area contributed by atoms with E-state index in [-0.39, 0.29) is 12.2 Å². The lowest BCUT2D eigenvalue weighted by atomic mass is 10.1. The zero-order valence-corrected chi connectivity index (χ0v) is 11.3. The minimum Gasteiger partial charge on any atom is -0.479 e. The highest BCUT2D eigenvalue weighted by molar-refractivity contribution is 14.1. The third-order valence-corrected chi connectivity index (χ3v) is 2.98. The third kappa shape index (κ3) is 4.34. The highest BCUT2D eigenvalue weighted by Gasteiger charge is 2.45. The van der Waals surface area contributed by atoms with Crippen LogP contribution in [0, 0.1) is 3.57 Å². The van der Waals surface area contributed by atoms with Gasteiger partial charge >= 0.3 is 6.18 Å². The van der Waals surface area contributed by atoms with Crippen LogP contribution >= 0.6 is 22.6 Å². The summed E-state index contributed by atoms with van der Waals surface area (Å²) in [5, 5.41) is 0. The number of nitrogens with two attached hydrogens (primary N) is 1. The van der Waals surface area contributed by atoms with Gasteiger partial charge in [-0.3, -0.25) is 0 Å². The Hall–Kier alpha value is -0.500. The second-order valence-corrected chi connectivity index (χ2v) is 4.85. The predicted molar refractivity (Wildman–Crippen MR) is 67.9 cm³/mol. The van der Waals surface area contributed by atoms with Gasteiger partial charge < -0.3 is 10.5 Å². The quantitative estimate of drug-likeness (QED) is 0.837. The monoisotopic (exact) mass is 359 g/mol. The molecule has 0 radical (unpaired) electrons. The Morgan fingerprint density at radius 2 is 1.82 bits per heavy atom. The van der Waals surface area contributed by atoms with Gasteiger partial charge in [0.1, 0.15) is 5.75 Å². The predicted octanol–water partition coefficient (Wildman–Crippen LogP) is 3.34. The van der Waals surface area contributed by atoms with Gasteiger partial charge in [0.05, 0.1) is 6.04 Å². The van der Waals surface area contributed by atoms with E-state index in [1.165, 1.54) is 12.1 Å². The molecule has 17 heavy (non-hydrogen) atoms. The smallest absolute Gasteiger partial charge is 0.426 e. The highest BCUT2D eigenvalue weighted by atomic mass is 127. The molecule has 0 saturated heterocycles. The second-order valence-electron chi connectivity index (χ2n) is 3.61. The Morgan fingerprint density at radius 3 is 2.24 bits per heavy atom. The van der Waals surface area contributed by atoms with Gasteiger partial charge in [0.15, 0.2) is 0 Å².